The van der Waals surface area contributed by atoms with Gasteiger partial charge in [0, 0.05) is 19.5 Å². The first kappa shape index (κ1) is 10.4. The van der Waals surface area contributed by atoms with Crippen molar-refractivity contribution in [1.82, 2.24) is 15.3 Å². The number of aromatic amines is 1. The largest absolute Gasteiger partial charge is 0.354 e. The number of carbonyl (C=O) groups is 1. The molecule has 0 spiro atoms. The van der Waals surface area contributed by atoms with Gasteiger partial charge in [0.2, 0.25) is 0 Å². The van der Waals surface area contributed by atoms with Gasteiger partial charge < -0.3 is 10.3 Å². The van der Waals surface area contributed by atoms with E-state index in [2.05, 4.69) is 15.3 Å². The zero-order valence-electron chi connectivity index (χ0n) is 8.26. The van der Waals surface area contributed by atoms with Gasteiger partial charge in [0.15, 0.2) is 0 Å². The van der Waals surface area contributed by atoms with Crippen LogP contribution in [0.25, 0.3) is 0 Å². The molecule has 1 heterocycles. The minimum atomic E-state index is -0.339. The molecule has 0 aliphatic rings. The third-order valence-corrected chi connectivity index (χ3v) is 1.74. The van der Waals surface area contributed by atoms with E-state index in [9.17, 15) is 9.59 Å². The first-order valence-corrected chi connectivity index (χ1v) is 4.49. The second kappa shape index (κ2) is 4.55. The van der Waals surface area contributed by atoms with E-state index in [1.165, 1.54) is 13.1 Å². The molecule has 0 fully saturated rings. The van der Waals surface area contributed by atoms with Crippen molar-refractivity contribution in [3.63, 3.8) is 0 Å². The van der Waals surface area contributed by atoms with Gasteiger partial charge in [-0.05, 0) is 6.42 Å². The van der Waals surface area contributed by atoms with Crippen molar-refractivity contribution in [3.05, 3.63) is 27.9 Å². The summed E-state index contributed by atoms with van der Waals surface area (Å²) in [7, 11) is 1.50. The molecule has 0 radical (unpaired) electrons. The van der Waals surface area contributed by atoms with Crippen molar-refractivity contribution in [3.8, 4) is 0 Å². The van der Waals surface area contributed by atoms with Crippen LogP contribution in [0.2, 0.25) is 0 Å². The number of rotatable bonds is 3. The lowest BCUT2D eigenvalue weighted by atomic mass is 10.3. The molecule has 1 aromatic heterocycles. The molecule has 14 heavy (non-hydrogen) atoms. The van der Waals surface area contributed by atoms with E-state index in [1.807, 2.05) is 6.92 Å². The van der Waals surface area contributed by atoms with Crippen molar-refractivity contribution in [2.24, 2.45) is 0 Å². The van der Waals surface area contributed by atoms with E-state index in [-0.39, 0.29) is 17.2 Å². The molecule has 0 atom stereocenters. The molecule has 2 N–H and O–H groups in total. The Morgan fingerprint density at radius 3 is 2.93 bits per heavy atom. The predicted molar refractivity (Wildman–Crippen MR) is 52.2 cm³/mol. The minimum Gasteiger partial charge on any atom is -0.354 e. The fraction of sp³-hybridized carbons (Fsp3) is 0.444. The average molecular weight is 195 g/mol. The maximum absolute atomic E-state index is 11.2. The molecule has 0 aliphatic heterocycles. The zero-order chi connectivity index (χ0) is 10.6. The van der Waals surface area contributed by atoms with Crippen molar-refractivity contribution in [1.29, 1.82) is 0 Å². The summed E-state index contributed by atoms with van der Waals surface area (Å²) in [6, 6.07) is 1.19. The number of amides is 1. The fourth-order valence-electron chi connectivity index (χ4n) is 1.11. The Hall–Kier alpha value is -1.65. The van der Waals surface area contributed by atoms with Gasteiger partial charge in [-0.1, -0.05) is 6.92 Å². The molecule has 1 rings (SSSR count). The number of aryl methyl sites for hydroxylation is 1. The van der Waals surface area contributed by atoms with Crippen LogP contribution in [0.3, 0.4) is 0 Å². The van der Waals surface area contributed by atoms with Crippen LogP contribution in [0.4, 0.5) is 0 Å². The van der Waals surface area contributed by atoms with Crippen LogP contribution in [0.1, 0.15) is 29.7 Å². The van der Waals surface area contributed by atoms with Gasteiger partial charge in [0.25, 0.3) is 11.5 Å². The highest BCUT2D eigenvalue weighted by molar-refractivity contribution is 5.91. The number of hydrogen-bond acceptors (Lipinski definition) is 3. The number of nitrogens with one attached hydrogen (secondary N) is 2. The van der Waals surface area contributed by atoms with E-state index in [4.69, 9.17) is 0 Å². The Morgan fingerprint density at radius 1 is 1.64 bits per heavy atom. The molecule has 0 saturated carbocycles. The summed E-state index contributed by atoms with van der Waals surface area (Å²) in [6.07, 6.45) is 1.54. The van der Waals surface area contributed by atoms with Gasteiger partial charge in [0.05, 0.1) is 0 Å². The number of H-pyrrole nitrogens is 1. The lowest BCUT2D eigenvalue weighted by molar-refractivity contribution is 0.0957. The monoisotopic (exact) mass is 195 g/mol. The van der Waals surface area contributed by atoms with E-state index in [0.717, 1.165) is 6.42 Å². The molecular formula is C9H13N3O2. The molecule has 0 aromatic carbocycles. The molecule has 76 valence electrons. The summed E-state index contributed by atoms with van der Waals surface area (Å²) in [5.74, 6) is 0.215. The zero-order valence-corrected chi connectivity index (χ0v) is 8.26. The second-order valence-electron chi connectivity index (χ2n) is 2.91. The van der Waals surface area contributed by atoms with Gasteiger partial charge in [-0.15, -0.1) is 0 Å². The predicted octanol–water partition coefficient (Wildman–Crippen LogP) is 0.0820. The highest BCUT2D eigenvalue weighted by atomic mass is 16.2. The Balaban J connectivity index is 3.07. The Labute approximate surface area is 81.6 Å². The van der Waals surface area contributed by atoms with Crippen molar-refractivity contribution in [2.45, 2.75) is 19.8 Å². The van der Waals surface area contributed by atoms with Crippen molar-refractivity contribution < 1.29 is 4.79 Å². The van der Waals surface area contributed by atoms with Crippen LogP contribution in [-0.4, -0.2) is 22.9 Å². The van der Waals surface area contributed by atoms with Crippen molar-refractivity contribution in [2.75, 3.05) is 7.05 Å². The number of carbonyl (C=O) groups excluding carboxylic acids is 1. The highest BCUT2D eigenvalue weighted by Crippen LogP contribution is 1.95. The molecule has 0 unspecified atom stereocenters. The van der Waals surface area contributed by atoms with Gasteiger partial charge in [-0.25, -0.2) is 4.98 Å². The summed E-state index contributed by atoms with van der Waals surface area (Å²) < 4.78 is 0. The molecule has 5 nitrogen and oxygen atoms in total. The van der Waals surface area contributed by atoms with Gasteiger partial charge in [0.1, 0.15) is 11.5 Å². The standard InChI is InChI=1S/C9H13N3O2/c1-3-4-7-11-6(9(14)10-2)5-8(13)12-7/h5H,3-4H2,1-2H3,(H,10,14)(H,11,12,13). The smallest absolute Gasteiger partial charge is 0.269 e. The highest BCUT2D eigenvalue weighted by Gasteiger charge is 2.07. The third kappa shape index (κ3) is 2.42. The summed E-state index contributed by atoms with van der Waals surface area (Å²) >= 11 is 0. The van der Waals surface area contributed by atoms with Crippen LogP contribution >= 0.6 is 0 Å². The topological polar surface area (TPSA) is 74.8 Å². The summed E-state index contributed by atoms with van der Waals surface area (Å²) in [5.41, 5.74) is -0.123. The molecule has 0 aliphatic carbocycles. The molecular weight excluding hydrogens is 182 g/mol. The number of aromatic nitrogens is 2. The van der Waals surface area contributed by atoms with Gasteiger partial charge in [-0.2, -0.15) is 0 Å². The average Bonchev–Trinajstić information content (AvgIpc) is 2.16. The number of nitrogens with zero attached hydrogens (tertiary/aromatic N) is 1. The van der Waals surface area contributed by atoms with Crippen molar-refractivity contribution >= 4 is 5.91 Å². The lowest BCUT2D eigenvalue weighted by Crippen LogP contribution is -2.23. The lowest BCUT2D eigenvalue weighted by Gasteiger charge is -2.01. The quantitative estimate of drug-likeness (QED) is 0.717. The molecule has 5 heteroatoms. The SMILES string of the molecule is CCCc1nc(C(=O)NC)cc(=O)[nH]1. The van der Waals surface area contributed by atoms with Crippen LogP contribution in [0.5, 0.6) is 0 Å². The van der Waals surface area contributed by atoms with Crippen LogP contribution in [-0.2, 0) is 6.42 Å². The second-order valence-corrected chi connectivity index (χ2v) is 2.91. The third-order valence-electron chi connectivity index (χ3n) is 1.74. The van der Waals surface area contributed by atoms with Crippen LogP contribution in [0, 0.1) is 0 Å². The summed E-state index contributed by atoms with van der Waals surface area (Å²) in [4.78, 5) is 28.9. The Kier molecular flexibility index (Phi) is 3.39. The molecule has 0 saturated heterocycles. The van der Waals surface area contributed by atoms with E-state index in [0.29, 0.717) is 12.2 Å². The normalized spacial score (nSPS) is 9.86. The summed E-state index contributed by atoms with van der Waals surface area (Å²) in [5, 5.41) is 2.42. The Bertz CT molecular complexity index is 384. The van der Waals surface area contributed by atoms with Crippen LogP contribution in [0.15, 0.2) is 10.9 Å². The van der Waals surface area contributed by atoms with Gasteiger partial charge >= 0.3 is 0 Å². The van der Waals surface area contributed by atoms with Crippen LogP contribution < -0.4 is 10.9 Å². The summed E-state index contributed by atoms with van der Waals surface area (Å²) in [6.45, 7) is 1.98. The number of hydrogen-bond donors (Lipinski definition) is 2. The van der Waals surface area contributed by atoms with E-state index < -0.39 is 0 Å². The fourth-order valence-corrected chi connectivity index (χ4v) is 1.11. The van der Waals surface area contributed by atoms with Gasteiger partial charge in [-0.3, -0.25) is 9.59 Å². The minimum absolute atomic E-state index is 0.166. The maximum Gasteiger partial charge on any atom is 0.269 e. The maximum atomic E-state index is 11.2. The molecule has 0 bridgehead atoms. The first-order chi connectivity index (χ1) is 6.67. The first-order valence-electron chi connectivity index (χ1n) is 4.49. The van der Waals surface area contributed by atoms with E-state index in [1.54, 1.807) is 0 Å². The van der Waals surface area contributed by atoms with E-state index >= 15 is 0 Å². The Morgan fingerprint density at radius 2 is 2.36 bits per heavy atom. The molecule has 1 amide bonds. The molecule has 1 aromatic rings.